The van der Waals surface area contributed by atoms with E-state index in [1.54, 1.807) is 11.0 Å². The van der Waals surface area contributed by atoms with E-state index in [2.05, 4.69) is 21.7 Å². The summed E-state index contributed by atoms with van der Waals surface area (Å²) in [5.41, 5.74) is 2.61. The first kappa shape index (κ1) is 21.6. The Morgan fingerprint density at radius 1 is 1.34 bits per heavy atom. The zero-order chi connectivity index (χ0) is 22.5. The van der Waals surface area contributed by atoms with Crippen LogP contribution in [0.4, 0.5) is 0 Å². The number of aromatic nitrogens is 2. The van der Waals surface area contributed by atoms with E-state index < -0.39 is 0 Å². The molecule has 1 N–H and O–H groups in total. The number of benzene rings is 2. The molecule has 0 aliphatic carbocycles. The topological polar surface area (TPSA) is 95.1 Å². The molecule has 0 spiro atoms. The summed E-state index contributed by atoms with van der Waals surface area (Å²) in [6.07, 6.45) is 6.67. The average molecular weight is 448 g/mol. The third kappa shape index (κ3) is 5.34. The molecule has 2 aromatic carbocycles. The predicted octanol–water partition coefficient (Wildman–Crippen LogP) is 4.05. The molecule has 0 bridgehead atoms. The monoisotopic (exact) mass is 447 g/mol. The van der Waals surface area contributed by atoms with Gasteiger partial charge in [0.2, 0.25) is 5.91 Å². The Labute approximate surface area is 191 Å². The van der Waals surface area contributed by atoms with Crippen LogP contribution in [0.2, 0.25) is 5.02 Å². The van der Waals surface area contributed by atoms with E-state index in [4.69, 9.17) is 21.4 Å². The van der Waals surface area contributed by atoms with Crippen LogP contribution >= 0.6 is 11.6 Å². The van der Waals surface area contributed by atoms with Crippen molar-refractivity contribution >= 4 is 23.6 Å². The van der Waals surface area contributed by atoms with Crippen LogP contribution in [0.1, 0.15) is 30.3 Å². The number of likely N-dealkylation sites (tertiary alicyclic amines) is 1. The van der Waals surface area contributed by atoms with E-state index >= 15 is 0 Å². The van der Waals surface area contributed by atoms with Crippen LogP contribution in [0.15, 0.2) is 59.1 Å². The van der Waals surface area contributed by atoms with E-state index in [9.17, 15) is 4.79 Å². The van der Waals surface area contributed by atoms with Crippen LogP contribution in [-0.2, 0) is 11.2 Å². The smallest absolute Gasteiger partial charge is 0.257 e. The number of carbonyl (C=O) groups excluding carboxylic acids is 1. The summed E-state index contributed by atoms with van der Waals surface area (Å²) in [4.78, 5) is 18.4. The van der Waals surface area contributed by atoms with Crippen molar-refractivity contribution in [3.8, 4) is 17.6 Å². The number of halogens is 1. The van der Waals surface area contributed by atoms with Gasteiger partial charge in [-0.3, -0.25) is 4.79 Å². The van der Waals surface area contributed by atoms with Crippen molar-refractivity contribution < 1.29 is 9.32 Å². The molecule has 2 heterocycles. The van der Waals surface area contributed by atoms with Gasteiger partial charge in [0.05, 0.1) is 0 Å². The molecule has 1 amide bonds. The highest BCUT2D eigenvalue weighted by Crippen LogP contribution is 2.21. The summed E-state index contributed by atoms with van der Waals surface area (Å²) in [5, 5.41) is 16.8. The van der Waals surface area contributed by atoms with Crippen LogP contribution in [0.3, 0.4) is 0 Å². The molecule has 32 heavy (non-hydrogen) atoms. The molecule has 1 aromatic heterocycles. The van der Waals surface area contributed by atoms with Crippen molar-refractivity contribution in [1.82, 2.24) is 20.4 Å². The molecular weight excluding hydrogens is 426 g/mol. The van der Waals surface area contributed by atoms with E-state index in [0.717, 1.165) is 23.1 Å². The Morgan fingerprint density at radius 3 is 2.97 bits per heavy atom. The quantitative estimate of drug-likeness (QED) is 0.452. The molecule has 1 saturated heterocycles. The summed E-state index contributed by atoms with van der Waals surface area (Å²) in [6, 6.07) is 15.2. The molecule has 8 heteroatoms. The third-order valence-corrected chi connectivity index (χ3v) is 5.56. The van der Waals surface area contributed by atoms with Crippen LogP contribution in [0.5, 0.6) is 0 Å². The molecule has 0 unspecified atom stereocenters. The van der Waals surface area contributed by atoms with Gasteiger partial charge in [-0.2, -0.15) is 10.2 Å². The summed E-state index contributed by atoms with van der Waals surface area (Å²) in [5.74, 6) is 0.798. The molecule has 1 fully saturated rings. The molecule has 162 valence electrons. The Kier molecular flexibility index (Phi) is 6.52. The summed E-state index contributed by atoms with van der Waals surface area (Å²) in [6.45, 7) is 2.52. The van der Waals surface area contributed by atoms with Crippen molar-refractivity contribution in [3.63, 3.8) is 0 Å². The third-order valence-electron chi connectivity index (χ3n) is 5.33. The first-order chi connectivity index (χ1) is 15.5. The van der Waals surface area contributed by atoms with Crippen molar-refractivity contribution in [2.24, 2.45) is 0 Å². The second-order valence-electron chi connectivity index (χ2n) is 7.82. The second-order valence-corrected chi connectivity index (χ2v) is 8.26. The average Bonchev–Trinajstić information content (AvgIpc) is 3.38. The fraction of sp³-hybridized carbons (Fsp3) is 0.250. The number of nitrogens with one attached hydrogen (secondary N) is 1. The fourth-order valence-electron chi connectivity index (χ4n) is 3.74. The Bertz CT molecular complexity index is 1180. The van der Waals surface area contributed by atoms with Gasteiger partial charge >= 0.3 is 0 Å². The van der Waals surface area contributed by atoms with E-state index in [0.29, 0.717) is 29.7 Å². The largest absolute Gasteiger partial charge is 0.348 e. The maximum absolute atomic E-state index is 12.3. The van der Waals surface area contributed by atoms with Gasteiger partial charge in [0.15, 0.2) is 12.0 Å². The van der Waals surface area contributed by atoms with Gasteiger partial charge in [-0.15, -0.1) is 0 Å². The molecule has 1 aliphatic heterocycles. The molecular formula is C24H22ClN5O2. The van der Waals surface area contributed by atoms with Gasteiger partial charge in [0, 0.05) is 41.7 Å². The van der Waals surface area contributed by atoms with Gasteiger partial charge in [0.1, 0.15) is 0 Å². The Hall–Kier alpha value is -3.63. The normalized spacial score (nSPS) is 18.1. The van der Waals surface area contributed by atoms with E-state index in [1.165, 1.54) is 6.08 Å². The molecule has 0 radical (unpaired) electrons. The number of hydrogen-bond donors (Lipinski definition) is 1. The molecule has 2 atom stereocenters. The number of amides is 1. The maximum Gasteiger partial charge on any atom is 0.257 e. The number of hydrogen-bond acceptors (Lipinski definition) is 6. The second kappa shape index (κ2) is 9.67. The van der Waals surface area contributed by atoms with Gasteiger partial charge in [-0.05, 0) is 54.8 Å². The molecule has 7 nitrogen and oxygen atoms in total. The summed E-state index contributed by atoms with van der Waals surface area (Å²) >= 11 is 6.03. The lowest BCUT2D eigenvalue weighted by Gasteiger charge is -2.11. The molecule has 0 saturated carbocycles. The highest BCUT2D eigenvalue weighted by atomic mass is 35.5. The lowest BCUT2D eigenvalue weighted by atomic mass is 10.1. The van der Waals surface area contributed by atoms with E-state index in [-0.39, 0.29) is 18.0 Å². The van der Waals surface area contributed by atoms with Gasteiger partial charge in [-0.25, -0.2) is 0 Å². The molecule has 1 aliphatic rings. The number of nitriles is 1. The van der Waals surface area contributed by atoms with Crippen molar-refractivity contribution in [1.29, 1.82) is 5.26 Å². The van der Waals surface area contributed by atoms with Gasteiger partial charge < -0.3 is 14.7 Å². The van der Waals surface area contributed by atoms with Gasteiger partial charge in [-0.1, -0.05) is 41.0 Å². The minimum absolute atomic E-state index is 0.0237. The standard InChI is InChI=1S/C24H22ClN5O2/c1-16-10-21(14-30(16)15-26)27-23(31)9-8-17-4-2-6-19(11-17)24-28-22(29-32-24)13-18-5-3-7-20(25)12-18/h2-9,11-12,16,21H,10,13-14H2,1H3,(H,27,31)/b9-8+/t16-,21-/m1/s1. The SMILES string of the molecule is C[C@@H]1C[C@@H](NC(=O)/C=C/c2cccc(-c3nc(Cc4cccc(Cl)c4)no3)c2)CN1C#N. The maximum atomic E-state index is 12.3. The van der Waals surface area contributed by atoms with Crippen LogP contribution in [0, 0.1) is 11.5 Å². The van der Waals surface area contributed by atoms with Crippen molar-refractivity contribution in [3.05, 3.63) is 76.6 Å². The van der Waals surface area contributed by atoms with Crippen molar-refractivity contribution in [2.75, 3.05) is 6.54 Å². The van der Waals surface area contributed by atoms with E-state index in [1.807, 2.05) is 55.5 Å². The first-order valence-electron chi connectivity index (χ1n) is 10.3. The zero-order valence-corrected chi connectivity index (χ0v) is 18.3. The van der Waals surface area contributed by atoms with Crippen molar-refractivity contribution in [2.45, 2.75) is 31.8 Å². The predicted molar refractivity (Wildman–Crippen MR) is 121 cm³/mol. The summed E-state index contributed by atoms with van der Waals surface area (Å²) in [7, 11) is 0. The minimum atomic E-state index is -0.186. The number of rotatable bonds is 6. The minimum Gasteiger partial charge on any atom is -0.348 e. The Morgan fingerprint density at radius 2 is 2.19 bits per heavy atom. The Balaban J connectivity index is 1.39. The lowest BCUT2D eigenvalue weighted by molar-refractivity contribution is -0.117. The molecule has 4 rings (SSSR count). The lowest BCUT2D eigenvalue weighted by Crippen LogP contribution is -2.35. The highest BCUT2D eigenvalue weighted by molar-refractivity contribution is 6.30. The van der Waals surface area contributed by atoms with Gasteiger partial charge in [0.25, 0.3) is 5.89 Å². The zero-order valence-electron chi connectivity index (χ0n) is 17.5. The molecule has 3 aromatic rings. The van der Waals surface area contributed by atoms with Crippen LogP contribution < -0.4 is 5.32 Å². The fourth-order valence-corrected chi connectivity index (χ4v) is 3.96. The number of carbonyl (C=O) groups is 1. The van der Waals surface area contributed by atoms with Crippen LogP contribution in [0.25, 0.3) is 17.5 Å². The highest BCUT2D eigenvalue weighted by Gasteiger charge is 2.28. The van der Waals surface area contributed by atoms with Crippen LogP contribution in [-0.4, -0.2) is 39.6 Å². The number of nitrogens with zero attached hydrogens (tertiary/aromatic N) is 4. The first-order valence-corrected chi connectivity index (χ1v) is 10.7. The summed E-state index contributed by atoms with van der Waals surface area (Å²) < 4.78 is 5.42.